The van der Waals surface area contributed by atoms with E-state index in [1.807, 2.05) is 0 Å². The molecule has 9 heteroatoms. The van der Waals surface area contributed by atoms with Gasteiger partial charge in [0.2, 0.25) is 5.91 Å². The quantitative estimate of drug-likeness (QED) is 0.746. The molecule has 1 amide bonds. The van der Waals surface area contributed by atoms with Crippen molar-refractivity contribution in [2.45, 2.75) is 0 Å². The normalized spacial score (nSPS) is 10.2. The van der Waals surface area contributed by atoms with E-state index in [2.05, 4.69) is 15.4 Å². The Hall–Kier alpha value is -2.87. The fourth-order valence-electron chi connectivity index (χ4n) is 2.08. The maximum absolute atomic E-state index is 13.8. The summed E-state index contributed by atoms with van der Waals surface area (Å²) in [6.07, 6.45) is 0. The van der Waals surface area contributed by atoms with E-state index in [1.54, 1.807) is 12.1 Å². The first-order chi connectivity index (χ1) is 12.3. The number of hydrogen-bond acceptors (Lipinski definition) is 5. The van der Waals surface area contributed by atoms with Gasteiger partial charge in [-0.3, -0.25) is 4.79 Å². The summed E-state index contributed by atoms with van der Waals surface area (Å²) in [7, 11) is 2.54. The lowest BCUT2D eigenvalue weighted by Gasteiger charge is -2.11. The molecule has 138 valence electrons. The van der Waals surface area contributed by atoms with Crippen LogP contribution in [0.15, 0.2) is 30.3 Å². The Morgan fingerprint density at radius 2 is 1.85 bits per heavy atom. The van der Waals surface area contributed by atoms with Crippen LogP contribution in [0.5, 0.6) is 5.75 Å². The van der Waals surface area contributed by atoms with Gasteiger partial charge in [-0.1, -0.05) is 11.6 Å². The summed E-state index contributed by atoms with van der Waals surface area (Å²) >= 11 is 5.96. The Morgan fingerprint density at radius 1 is 1.12 bits per heavy atom. The molecule has 0 saturated heterocycles. The fraction of sp³-hybridized carbons (Fsp3) is 0.176. The molecule has 0 bridgehead atoms. The Kier molecular flexibility index (Phi) is 6.35. The third-order valence-electron chi connectivity index (χ3n) is 3.34. The highest BCUT2D eigenvalue weighted by molar-refractivity contribution is 6.32. The standard InChI is InChI=1S/C17H15ClF2N2O4/c1-25-15-4-3-9(5-11(15)18)22-16(23)8-21-14-6-10(17(24)26-2)12(19)7-13(14)20/h3-7,21H,8H2,1-2H3,(H,22,23). The van der Waals surface area contributed by atoms with Crippen molar-refractivity contribution in [2.75, 3.05) is 31.4 Å². The van der Waals surface area contributed by atoms with E-state index in [4.69, 9.17) is 16.3 Å². The van der Waals surface area contributed by atoms with Crippen molar-refractivity contribution in [1.29, 1.82) is 0 Å². The first-order valence-corrected chi connectivity index (χ1v) is 7.68. The number of anilines is 2. The lowest BCUT2D eigenvalue weighted by Crippen LogP contribution is -2.22. The van der Waals surface area contributed by atoms with Gasteiger partial charge >= 0.3 is 5.97 Å². The van der Waals surface area contributed by atoms with Crippen molar-refractivity contribution in [3.05, 3.63) is 52.6 Å². The van der Waals surface area contributed by atoms with Gasteiger partial charge in [-0.05, 0) is 24.3 Å². The van der Waals surface area contributed by atoms with Gasteiger partial charge in [0.05, 0.1) is 37.0 Å². The summed E-state index contributed by atoms with van der Waals surface area (Å²) < 4.78 is 36.8. The molecule has 0 atom stereocenters. The second-order valence-corrected chi connectivity index (χ2v) is 5.46. The lowest BCUT2D eigenvalue weighted by molar-refractivity contribution is -0.114. The summed E-state index contributed by atoms with van der Waals surface area (Å²) in [5.74, 6) is -3.02. The minimum Gasteiger partial charge on any atom is -0.495 e. The average Bonchev–Trinajstić information content (AvgIpc) is 2.60. The van der Waals surface area contributed by atoms with E-state index in [1.165, 1.54) is 13.2 Å². The number of nitrogens with one attached hydrogen (secondary N) is 2. The lowest BCUT2D eigenvalue weighted by atomic mass is 10.1. The van der Waals surface area contributed by atoms with Crippen LogP contribution in [-0.2, 0) is 9.53 Å². The minimum atomic E-state index is -1.06. The molecular weight excluding hydrogens is 370 g/mol. The monoisotopic (exact) mass is 384 g/mol. The number of methoxy groups -OCH3 is 2. The van der Waals surface area contributed by atoms with Gasteiger partial charge < -0.3 is 20.1 Å². The molecule has 0 fully saturated rings. The van der Waals surface area contributed by atoms with Gasteiger partial charge in [-0.2, -0.15) is 0 Å². The zero-order valence-electron chi connectivity index (χ0n) is 13.9. The van der Waals surface area contributed by atoms with Crippen LogP contribution in [0.25, 0.3) is 0 Å². The van der Waals surface area contributed by atoms with Crippen molar-refractivity contribution in [3.63, 3.8) is 0 Å². The molecule has 0 aliphatic rings. The molecule has 6 nitrogen and oxygen atoms in total. The smallest absolute Gasteiger partial charge is 0.340 e. The molecule has 0 spiro atoms. The molecular formula is C17H15ClF2N2O4. The molecule has 0 aliphatic carbocycles. The summed E-state index contributed by atoms with van der Waals surface area (Å²) in [4.78, 5) is 23.4. The Bertz CT molecular complexity index is 846. The molecule has 0 saturated carbocycles. The van der Waals surface area contributed by atoms with Crippen LogP contribution in [0.3, 0.4) is 0 Å². The van der Waals surface area contributed by atoms with Gasteiger partial charge in [-0.25, -0.2) is 13.6 Å². The van der Waals surface area contributed by atoms with Crippen LogP contribution in [0.1, 0.15) is 10.4 Å². The third-order valence-corrected chi connectivity index (χ3v) is 3.63. The first kappa shape index (κ1) is 19.5. The van der Waals surface area contributed by atoms with Gasteiger partial charge in [0.1, 0.15) is 17.4 Å². The third kappa shape index (κ3) is 4.60. The van der Waals surface area contributed by atoms with Crippen molar-refractivity contribution >= 4 is 34.9 Å². The summed E-state index contributed by atoms with van der Waals surface area (Å²) in [6, 6.07) is 6.12. The fourth-order valence-corrected chi connectivity index (χ4v) is 2.33. The number of ether oxygens (including phenoxy) is 2. The van der Waals surface area contributed by atoms with Crippen molar-refractivity contribution in [2.24, 2.45) is 0 Å². The first-order valence-electron chi connectivity index (χ1n) is 7.30. The molecule has 2 N–H and O–H groups in total. The summed E-state index contributed by atoms with van der Waals surface area (Å²) in [6.45, 7) is -0.327. The highest BCUT2D eigenvalue weighted by Gasteiger charge is 2.17. The Labute approximate surface area is 153 Å². The minimum absolute atomic E-state index is 0.213. The predicted octanol–water partition coefficient (Wildman–Crippen LogP) is 3.46. The summed E-state index contributed by atoms with van der Waals surface area (Å²) in [5, 5.41) is 5.36. The van der Waals surface area contributed by atoms with Gasteiger partial charge in [-0.15, -0.1) is 0 Å². The Balaban J connectivity index is 2.05. The molecule has 2 aromatic carbocycles. The number of hydrogen-bond donors (Lipinski definition) is 2. The van der Waals surface area contributed by atoms with Crippen LogP contribution >= 0.6 is 11.6 Å². The van der Waals surface area contributed by atoms with Crippen molar-refractivity contribution in [1.82, 2.24) is 0 Å². The number of amides is 1. The van der Waals surface area contributed by atoms with Crippen LogP contribution in [0, 0.1) is 11.6 Å². The van der Waals surface area contributed by atoms with Gasteiger partial charge in [0, 0.05) is 11.8 Å². The van der Waals surface area contributed by atoms with Crippen LogP contribution in [0.4, 0.5) is 20.2 Å². The highest BCUT2D eigenvalue weighted by Crippen LogP contribution is 2.27. The second-order valence-electron chi connectivity index (χ2n) is 5.05. The summed E-state index contributed by atoms with van der Waals surface area (Å²) in [5.41, 5.74) is -0.245. The molecule has 2 aromatic rings. The van der Waals surface area contributed by atoms with Gasteiger partial charge in [0.25, 0.3) is 0 Å². The number of rotatable bonds is 6. The molecule has 2 rings (SSSR count). The molecule has 26 heavy (non-hydrogen) atoms. The van der Waals surface area contributed by atoms with Crippen LogP contribution in [-0.4, -0.2) is 32.6 Å². The SMILES string of the molecule is COC(=O)c1cc(NCC(=O)Nc2ccc(OC)c(Cl)c2)c(F)cc1F. The number of halogens is 3. The van der Waals surface area contributed by atoms with Crippen LogP contribution < -0.4 is 15.4 Å². The van der Waals surface area contributed by atoms with E-state index in [0.29, 0.717) is 22.5 Å². The zero-order valence-corrected chi connectivity index (χ0v) is 14.6. The zero-order chi connectivity index (χ0) is 19.3. The number of carbonyl (C=O) groups excluding carboxylic acids is 2. The molecule has 0 aromatic heterocycles. The van der Waals surface area contributed by atoms with E-state index in [0.717, 1.165) is 13.2 Å². The number of esters is 1. The topological polar surface area (TPSA) is 76.7 Å². The largest absolute Gasteiger partial charge is 0.495 e. The second kappa shape index (κ2) is 8.48. The molecule has 0 unspecified atom stereocenters. The van der Waals surface area contributed by atoms with Crippen LogP contribution in [0.2, 0.25) is 5.02 Å². The van der Waals surface area contributed by atoms with E-state index in [9.17, 15) is 18.4 Å². The Morgan fingerprint density at radius 3 is 2.46 bits per heavy atom. The van der Waals surface area contributed by atoms with Crippen molar-refractivity contribution in [3.8, 4) is 5.75 Å². The average molecular weight is 385 g/mol. The van der Waals surface area contributed by atoms with E-state index in [-0.39, 0.29) is 12.2 Å². The van der Waals surface area contributed by atoms with E-state index >= 15 is 0 Å². The van der Waals surface area contributed by atoms with Crippen molar-refractivity contribution < 1.29 is 27.8 Å². The molecule has 0 heterocycles. The molecule has 0 aliphatic heterocycles. The number of carbonyl (C=O) groups is 2. The van der Waals surface area contributed by atoms with Gasteiger partial charge in [0.15, 0.2) is 0 Å². The predicted molar refractivity (Wildman–Crippen MR) is 92.8 cm³/mol. The van der Waals surface area contributed by atoms with E-state index < -0.39 is 29.1 Å². The highest BCUT2D eigenvalue weighted by atomic mass is 35.5. The molecule has 0 radical (unpaired) electrons. The number of benzene rings is 2. The maximum atomic E-state index is 13.8. The maximum Gasteiger partial charge on any atom is 0.340 e.